The molecule has 2 heterocycles. The van der Waals surface area contributed by atoms with Crippen molar-refractivity contribution >= 4 is 16.8 Å². The van der Waals surface area contributed by atoms with Gasteiger partial charge in [0.25, 0.3) is 5.91 Å². The van der Waals surface area contributed by atoms with Crippen LogP contribution < -0.4 is 10.7 Å². The van der Waals surface area contributed by atoms with Gasteiger partial charge in [-0.3, -0.25) is 14.3 Å². The molecule has 1 aliphatic rings. The van der Waals surface area contributed by atoms with Gasteiger partial charge in [-0.25, -0.2) is 0 Å². The highest BCUT2D eigenvalue weighted by Gasteiger charge is 2.17. The number of aryl methyl sites for hydroxylation is 1. The summed E-state index contributed by atoms with van der Waals surface area (Å²) in [7, 11) is 0. The highest BCUT2D eigenvalue weighted by molar-refractivity contribution is 5.95. The van der Waals surface area contributed by atoms with Crippen LogP contribution in [-0.2, 0) is 6.54 Å². The number of carbonyl (C=O) groups excluding carboxylic acids is 1. The molecule has 0 unspecified atom stereocenters. The lowest BCUT2D eigenvalue weighted by molar-refractivity contribution is 0.0938. The van der Waals surface area contributed by atoms with E-state index in [1.54, 1.807) is 10.7 Å². The molecule has 0 atom stereocenters. The summed E-state index contributed by atoms with van der Waals surface area (Å²) in [5.74, 6) is -0.384. The fraction of sp³-hybridized carbons (Fsp3) is 0.500. The number of likely N-dealkylation sites (tertiary alicyclic amines) is 1. The Balaban J connectivity index is 1.74. The van der Waals surface area contributed by atoms with Crippen molar-refractivity contribution in [3.8, 4) is 0 Å². The van der Waals surface area contributed by atoms with Crippen LogP contribution in [0.4, 0.5) is 0 Å². The number of piperidine rings is 1. The predicted molar refractivity (Wildman–Crippen MR) is 94.3 cm³/mol. The first kappa shape index (κ1) is 16.6. The minimum atomic E-state index is -0.384. The molecule has 0 saturated carbocycles. The molecule has 3 rings (SSSR count). The quantitative estimate of drug-likeness (QED) is 0.906. The van der Waals surface area contributed by atoms with Crippen LogP contribution in [0.2, 0.25) is 0 Å². The Morgan fingerprint density at radius 2 is 1.96 bits per heavy atom. The summed E-state index contributed by atoms with van der Waals surface area (Å²) >= 11 is 0. The Bertz CT molecular complexity index is 778. The lowest BCUT2D eigenvalue weighted by Gasteiger charge is -2.26. The zero-order chi connectivity index (χ0) is 16.9. The van der Waals surface area contributed by atoms with Gasteiger partial charge in [0.05, 0.1) is 5.52 Å². The molecule has 1 aromatic heterocycles. The van der Waals surface area contributed by atoms with E-state index >= 15 is 0 Å². The maximum Gasteiger partial charge on any atom is 0.275 e. The Labute approximate surface area is 141 Å². The smallest absolute Gasteiger partial charge is 0.275 e. The fourth-order valence-electron chi connectivity index (χ4n) is 3.22. The first-order chi connectivity index (χ1) is 11.7. The number of nitrogens with zero attached hydrogens (tertiary/aromatic N) is 3. The molecule has 6 nitrogen and oxygen atoms in total. The number of nitrogens with one attached hydrogen (secondary N) is 1. The summed E-state index contributed by atoms with van der Waals surface area (Å²) in [4.78, 5) is 27.3. The highest BCUT2D eigenvalue weighted by atomic mass is 16.2. The van der Waals surface area contributed by atoms with Crippen molar-refractivity contribution in [2.24, 2.45) is 0 Å². The average Bonchev–Trinajstić information content (AvgIpc) is 2.63. The molecule has 1 N–H and O–H groups in total. The standard InChI is InChI=1S/C18H24N4O2/c1-2-22-15-9-5-4-8-14(15)17(23)16(20-22)18(24)19-10-13-21-11-6-3-7-12-21/h4-5,8-9H,2-3,6-7,10-13H2,1H3,(H,19,24). The highest BCUT2D eigenvalue weighted by Crippen LogP contribution is 2.10. The fourth-order valence-corrected chi connectivity index (χ4v) is 3.22. The second kappa shape index (κ2) is 7.57. The topological polar surface area (TPSA) is 67.2 Å². The van der Waals surface area contributed by atoms with Gasteiger partial charge in [0, 0.05) is 25.0 Å². The zero-order valence-corrected chi connectivity index (χ0v) is 14.1. The van der Waals surface area contributed by atoms with Crippen molar-refractivity contribution in [2.45, 2.75) is 32.7 Å². The average molecular weight is 328 g/mol. The van der Waals surface area contributed by atoms with Gasteiger partial charge in [0.15, 0.2) is 5.69 Å². The van der Waals surface area contributed by atoms with Crippen molar-refractivity contribution in [3.63, 3.8) is 0 Å². The minimum Gasteiger partial charge on any atom is -0.349 e. The second-order valence-electron chi connectivity index (χ2n) is 6.17. The molecule has 1 saturated heterocycles. The minimum absolute atomic E-state index is 0.0193. The number of amides is 1. The van der Waals surface area contributed by atoms with Gasteiger partial charge in [-0.2, -0.15) is 5.10 Å². The summed E-state index contributed by atoms with van der Waals surface area (Å²) < 4.78 is 1.70. The maximum atomic E-state index is 12.6. The van der Waals surface area contributed by atoms with Crippen LogP contribution in [0.5, 0.6) is 0 Å². The molecule has 1 aromatic carbocycles. The number of carbonyl (C=O) groups is 1. The van der Waals surface area contributed by atoms with Gasteiger partial charge in [0.2, 0.25) is 5.43 Å². The molecule has 0 spiro atoms. The molecule has 128 valence electrons. The summed E-state index contributed by atoms with van der Waals surface area (Å²) in [6, 6.07) is 7.27. The van der Waals surface area contributed by atoms with Crippen molar-refractivity contribution in [2.75, 3.05) is 26.2 Å². The summed E-state index contributed by atoms with van der Waals surface area (Å²) in [6.07, 6.45) is 3.74. The second-order valence-corrected chi connectivity index (χ2v) is 6.17. The zero-order valence-electron chi connectivity index (χ0n) is 14.1. The van der Waals surface area contributed by atoms with Crippen molar-refractivity contribution in [1.29, 1.82) is 0 Å². The lowest BCUT2D eigenvalue weighted by Crippen LogP contribution is -2.39. The first-order valence-electron chi connectivity index (χ1n) is 8.71. The predicted octanol–water partition coefficient (Wildman–Crippen LogP) is 1.63. The number of hydrogen-bond acceptors (Lipinski definition) is 4. The van der Waals surface area contributed by atoms with E-state index in [0.717, 1.165) is 25.2 Å². The van der Waals surface area contributed by atoms with Gasteiger partial charge in [-0.05, 0) is 45.0 Å². The third kappa shape index (κ3) is 3.48. The van der Waals surface area contributed by atoms with E-state index in [1.165, 1.54) is 19.3 Å². The summed E-state index contributed by atoms with van der Waals surface area (Å²) in [5, 5.41) is 7.65. The number of hydrogen-bond donors (Lipinski definition) is 1. The van der Waals surface area contributed by atoms with Crippen molar-refractivity contribution in [1.82, 2.24) is 20.0 Å². The van der Waals surface area contributed by atoms with Gasteiger partial charge >= 0.3 is 0 Å². The van der Waals surface area contributed by atoms with Crippen molar-refractivity contribution < 1.29 is 4.79 Å². The number of benzene rings is 1. The van der Waals surface area contributed by atoms with E-state index < -0.39 is 0 Å². The molecular weight excluding hydrogens is 304 g/mol. The summed E-state index contributed by atoms with van der Waals surface area (Å²) in [6.45, 7) is 6.09. The van der Waals surface area contributed by atoms with E-state index in [1.807, 2.05) is 25.1 Å². The third-order valence-electron chi connectivity index (χ3n) is 4.54. The molecular formula is C18H24N4O2. The Hall–Kier alpha value is -2.21. The Morgan fingerprint density at radius 1 is 1.21 bits per heavy atom. The van der Waals surface area contributed by atoms with Crippen LogP contribution in [-0.4, -0.2) is 46.8 Å². The van der Waals surface area contributed by atoms with Crippen LogP contribution in [0.15, 0.2) is 29.1 Å². The van der Waals surface area contributed by atoms with Crippen LogP contribution in [0, 0.1) is 0 Å². The lowest BCUT2D eigenvalue weighted by atomic mass is 10.1. The Morgan fingerprint density at radius 3 is 2.71 bits per heavy atom. The number of para-hydroxylation sites is 1. The van der Waals surface area contributed by atoms with E-state index in [4.69, 9.17) is 0 Å². The molecule has 1 aliphatic heterocycles. The van der Waals surface area contributed by atoms with Crippen molar-refractivity contribution in [3.05, 3.63) is 40.2 Å². The monoisotopic (exact) mass is 328 g/mol. The van der Waals surface area contributed by atoms with Gasteiger partial charge in [0.1, 0.15) is 0 Å². The number of fused-ring (bicyclic) bond motifs is 1. The Kier molecular flexibility index (Phi) is 5.25. The molecule has 0 bridgehead atoms. The largest absolute Gasteiger partial charge is 0.349 e. The van der Waals surface area contributed by atoms with Crippen LogP contribution in [0.3, 0.4) is 0 Å². The van der Waals surface area contributed by atoms with Crippen LogP contribution >= 0.6 is 0 Å². The van der Waals surface area contributed by atoms with Gasteiger partial charge in [-0.1, -0.05) is 18.6 Å². The van der Waals surface area contributed by atoms with Gasteiger partial charge < -0.3 is 10.2 Å². The SMILES string of the molecule is CCn1nc(C(=O)NCCN2CCCCC2)c(=O)c2ccccc21. The molecule has 1 fully saturated rings. The normalized spacial score (nSPS) is 15.5. The van der Waals surface area contributed by atoms with E-state index in [9.17, 15) is 9.59 Å². The first-order valence-corrected chi connectivity index (χ1v) is 8.71. The summed E-state index contributed by atoms with van der Waals surface area (Å²) in [5.41, 5.74) is 0.440. The molecule has 1 amide bonds. The molecule has 0 radical (unpaired) electrons. The number of aromatic nitrogens is 2. The van der Waals surface area contributed by atoms with E-state index in [-0.39, 0.29) is 17.0 Å². The molecule has 2 aromatic rings. The van der Waals surface area contributed by atoms with Crippen LogP contribution in [0.25, 0.3) is 10.9 Å². The maximum absolute atomic E-state index is 12.6. The van der Waals surface area contributed by atoms with E-state index in [0.29, 0.717) is 18.5 Å². The molecule has 0 aliphatic carbocycles. The molecule has 6 heteroatoms. The molecule has 24 heavy (non-hydrogen) atoms. The third-order valence-corrected chi connectivity index (χ3v) is 4.54. The number of rotatable bonds is 5. The van der Waals surface area contributed by atoms with Gasteiger partial charge in [-0.15, -0.1) is 0 Å². The van der Waals surface area contributed by atoms with E-state index in [2.05, 4.69) is 15.3 Å². The van der Waals surface area contributed by atoms with Crippen LogP contribution in [0.1, 0.15) is 36.7 Å².